The van der Waals surface area contributed by atoms with Gasteiger partial charge in [-0.3, -0.25) is 0 Å². The lowest BCUT2D eigenvalue weighted by molar-refractivity contribution is -0.137. The molecule has 1 aromatic carbocycles. The zero-order valence-electron chi connectivity index (χ0n) is 10.0. The molecule has 1 heterocycles. The Balaban J connectivity index is 2.50. The van der Waals surface area contributed by atoms with Gasteiger partial charge in [-0.15, -0.1) is 11.3 Å². The van der Waals surface area contributed by atoms with E-state index >= 15 is 0 Å². The lowest BCUT2D eigenvalue weighted by atomic mass is 9.94. The van der Waals surface area contributed by atoms with Crippen LogP contribution in [-0.2, 0) is 11.8 Å². The van der Waals surface area contributed by atoms with Crippen molar-refractivity contribution < 1.29 is 27.1 Å². The van der Waals surface area contributed by atoms with E-state index in [0.29, 0.717) is 0 Å². The Labute approximate surface area is 114 Å². The van der Waals surface area contributed by atoms with Crippen LogP contribution in [0.3, 0.4) is 0 Å². The van der Waals surface area contributed by atoms with Crippen LogP contribution in [0.4, 0.5) is 22.0 Å². The van der Waals surface area contributed by atoms with E-state index in [1.54, 1.807) is 0 Å². The van der Waals surface area contributed by atoms with Gasteiger partial charge >= 0.3 is 6.18 Å². The first kappa shape index (κ1) is 14.9. The zero-order valence-corrected chi connectivity index (χ0v) is 10.8. The first-order valence-corrected chi connectivity index (χ1v) is 6.16. The fraction of sp³-hybridized carbons (Fsp3) is 0.250. The van der Waals surface area contributed by atoms with Crippen LogP contribution in [0.2, 0.25) is 0 Å². The van der Waals surface area contributed by atoms with Crippen LogP contribution < -0.4 is 0 Å². The van der Waals surface area contributed by atoms with E-state index in [0.717, 1.165) is 31.3 Å². The van der Waals surface area contributed by atoms with E-state index in [4.69, 9.17) is 0 Å². The average molecular weight is 309 g/mol. The second kappa shape index (κ2) is 4.78. The molecule has 1 unspecified atom stereocenters. The minimum atomic E-state index is -4.65. The summed E-state index contributed by atoms with van der Waals surface area (Å²) in [6.07, 6.45) is -3.85. The van der Waals surface area contributed by atoms with Gasteiger partial charge in [0.25, 0.3) is 0 Å². The largest absolute Gasteiger partial charge is 0.443 e. The monoisotopic (exact) mass is 309 g/mol. The quantitative estimate of drug-likeness (QED) is 0.858. The van der Waals surface area contributed by atoms with Crippen LogP contribution in [0.1, 0.15) is 22.4 Å². The zero-order chi connectivity index (χ0) is 15.1. The van der Waals surface area contributed by atoms with Gasteiger partial charge in [-0.1, -0.05) is 12.1 Å². The molecule has 0 fully saturated rings. The van der Waals surface area contributed by atoms with Gasteiger partial charge in [0.2, 0.25) is 0 Å². The van der Waals surface area contributed by atoms with Gasteiger partial charge in [0.05, 0.1) is 4.88 Å². The molecule has 0 saturated heterocycles. The van der Waals surface area contributed by atoms with Crippen LogP contribution >= 0.6 is 11.3 Å². The molecular weight excluding hydrogens is 301 g/mol. The molecule has 1 atom stereocenters. The highest BCUT2D eigenvalue weighted by molar-refractivity contribution is 7.11. The molecule has 2 nitrogen and oxygen atoms in total. The number of alkyl halides is 3. The van der Waals surface area contributed by atoms with Crippen molar-refractivity contribution in [1.29, 1.82) is 0 Å². The summed E-state index contributed by atoms with van der Waals surface area (Å²) in [5.41, 5.74) is -2.55. The second-order valence-electron chi connectivity index (χ2n) is 4.20. The number of nitrogens with zero attached hydrogens (tertiary/aromatic N) is 1. The van der Waals surface area contributed by atoms with Crippen molar-refractivity contribution in [3.05, 3.63) is 51.5 Å². The van der Waals surface area contributed by atoms with Gasteiger partial charge in [-0.25, -0.2) is 13.8 Å². The van der Waals surface area contributed by atoms with Gasteiger partial charge in [-0.2, -0.15) is 13.2 Å². The summed E-state index contributed by atoms with van der Waals surface area (Å²) >= 11 is 0.181. The lowest BCUT2D eigenvalue weighted by Gasteiger charge is -2.22. The Hall–Kier alpha value is -1.54. The van der Waals surface area contributed by atoms with Gasteiger partial charge < -0.3 is 5.11 Å². The molecule has 0 aliphatic rings. The van der Waals surface area contributed by atoms with E-state index in [9.17, 15) is 27.1 Å². The van der Waals surface area contributed by atoms with Crippen molar-refractivity contribution in [1.82, 2.24) is 4.98 Å². The lowest BCUT2D eigenvalue weighted by Crippen LogP contribution is -2.23. The van der Waals surface area contributed by atoms with Gasteiger partial charge in [-0.05, 0) is 13.0 Å². The molecular formula is C12H8F5NOS. The molecule has 0 bridgehead atoms. The molecule has 0 amide bonds. The van der Waals surface area contributed by atoms with Gasteiger partial charge in [0.15, 0.2) is 16.6 Å². The fourth-order valence-corrected chi connectivity index (χ4v) is 2.49. The summed E-state index contributed by atoms with van der Waals surface area (Å²) in [6, 6.07) is 3.11. The molecule has 0 aliphatic carbocycles. The number of halogens is 5. The second-order valence-corrected chi connectivity index (χ2v) is 5.23. The van der Waals surface area contributed by atoms with Crippen molar-refractivity contribution in [2.45, 2.75) is 18.7 Å². The fourth-order valence-electron chi connectivity index (χ4n) is 1.64. The van der Waals surface area contributed by atoms with Crippen molar-refractivity contribution in [3.63, 3.8) is 0 Å². The highest BCUT2D eigenvalue weighted by Gasteiger charge is 2.38. The number of benzene rings is 1. The molecule has 2 rings (SSSR count). The molecule has 0 spiro atoms. The minimum absolute atomic E-state index is 0.181. The summed E-state index contributed by atoms with van der Waals surface area (Å²) in [6.45, 7) is 1.08. The summed E-state index contributed by atoms with van der Waals surface area (Å²) in [5.74, 6) is -2.50. The maximum absolute atomic E-state index is 13.7. The molecule has 0 saturated carbocycles. The molecule has 108 valence electrons. The van der Waals surface area contributed by atoms with Crippen LogP contribution in [-0.4, -0.2) is 10.1 Å². The summed E-state index contributed by atoms with van der Waals surface area (Å²) in [7, 11) is 0. The van der Waals surface area contributed by atoms with Gasteiger partial charge in [0, 0.05) is 11.8 Å². The maximum atomic E-state index is 13.7. The first-order chi connectivity index (χ1) is 9.14. The Bertz CT molecular complexity index is 635. The minimum Gasteiger partial charge on any atom is -0.380 e. The summed E-state index contributed by atoms with van der Waals surface area (Å²) < 4.78 is 64.2. The molecule has 0 radical (unpaired) electrons. The highest BCUT2D eigenvalue weighted by atomic mass is 32.1. The third-order valence-electron chi connectivity index (χ3n) is 2.70. The average Bonchev–Trinajstić information content (AvgIpc) is 2.82. The van der Waals surface area contributed by atoms with Crippen molar-refractivity contribution in [2.75, 3.05) is 0 Å². The Kier molecular flexibility index (Phi) is 3.55. The first-order valence-electron chi connectivity index (χ1n) is 5.34. The number of aliphatic hydroxyl groups is 1. The van der Waals surface area contributed by atoms with Crippen LogP contribution in [0.15, 0.2) is 24.4 Å². The standard InChI is InChI=1S/C12H8F5NOS/c1-11(19,6-3-2-4-7(13)9(6)14)8-5-18-10(20-8)12(15,16)17/h2-5,19H,1H3. The van der Waals surface area contributed by atoms with Gasteiger partial charge in [0.1, 0.15) is 5.60 Å². The van der Waals surface area contributed by atoms with E-state index in [1.807, 2.05) is 0 Å². The normalized spacial score (nSPS) is 15.2. The van der Waals surface area contributed by atoms with E-state index in [1.165, 1.54) is 0 Å². The van der Waals surface area contributed by atoms with Crippen LogP contribution in [0, 0.1) is 11.6 Å². The maximum Gasteiger partial charge on any atom is 0.443 e. The predicted molar refractivity (Wildman–Crippen MR) is 62.1 cm³/mol. The van der Waals surface area contributed by atoms with Crippen LogP contribution in [0.25, 0.3) is 0 Å². The van der Waals surface area contributed by atoms with Crippen LogP contribution in [0.5, 0.6) is 0 Å². The number of hydrogen-bond donors (Lipinski definition) is 1. The van der Waals surface area contributed by atoms with E-state index in [2.05, 4.69) is 4.98 Å². The SMILES string of the molecule is CC(O)(c1cnc(C(F)(F)F)s1)c1cccc(F)c1F. The predicted octanol–water partition coefficient (Wildman–Crippen LogP) is 3.70. The molecule has 0 aliphatic heterocycles. The smallest absolute Gasteiger partial charge is 0.380 e. The number of hydrogen-bond acceptors (Lipinski definition) is 3. The van der Waals surface area contributed by atoms with Crippen molar-refractivity contribution in [3.8, 4) is 0 Å². The highest BCUT2D eigenvalue weighted by Crippen LogP contribution is 2.39. The summed E-state index contributed by atoms with van der Waals surface area (Å²) in [4.78, 5) is 2.92. The molecule has 8 heteroatoms. The van der Waals surface area contributed by atoms with Crippen molar-refractivity contribution in [2.24, 2.45) is 0 Å². The topological polar surface area (TPSA) is 33.1 Å². The molecule has 20 heavy (non-hydrogen) atoms. The Morgan fingerprint density at radius 3 is 2.40 bits per heavy atom. The third kappa shape index (κ3) is 2.53. The number of aromatic nitrogens is 1. The molecule has 1 aromatic heterocycles. The van der Waals surface area contributed by atoms with Crippen molar-refractivity contribution >= 4 is 11.3 Å². The van der Waals surface area contributed by atoms with E-state index in [-0.39, 0.29) is 16.2 Å². The number of thiazole rings is 1. The Morgan fingerprint density at radius 2 is 1.85 bits per heavy atom. The third-order valence-corrected chi connectivity index (χ3v) is 3.96. The van der Waals surface area contributed by atoms with E-state index < -0.39 is 34.0 Å². The molecule has 1 N–H and O–H groups in total. The number of rotatable bonds is 2. The summed E-state index contributed by atoms with van der Waals surface area (Å²) in [5, 5.41) is 9.08. The Morgan fingerprint density at radius 1 is 1.20 bits per heavy atom. The molecule has 2 aromatic rings.